The molecule has 0 saturated carbocycles. The maximum Gasteiger partial charge on any atom is 0.407 e. The van der Waals surface area contributed by atoms with E-state index in [9.17, 15) is 4.79 Å². The fraction of sp³-hybridized carbons (Fsp3) is 0.286. The maximum absolute atomic E-state index is 11.1. The summed E-state index contributed by atoms with van der Waals surface area (Å²) in [6, 6.07) is 7.59. The van der Waals surface area contributed by atoms with Gasteiger partial charge in [-0.25, -0.2) is 9.78 Å². The quantitative estimate of drug-likeness (QED) is 0.915. The Labute approximate surface area is 126 Å². The predicted octanol–water partition coefficient (Wildman–Crippen LogP) is 3.75. The van der Waals surface area contributed by atoms with Crippen LogP contribution in [0, 0.1) is 0 Å². The van der Waals surface area contributed by atoms with Crippen molar-refractivity contribution in [3.63, 3.8) is 0 Å². The summed E-state index contributed by atoms with van der Waals surface area (Å²) < 4.78 is 4.79. The number of carbonyl (C=O) groups excluding carboxylic acids is 1. The number of carbonyl (C=O) groups is 1. The first-order valence-electron chi connectivity index (χ1n) is 6.30. The largest absolute Gasteiger partial charge is 0.450 e. The molecule has 20 heavy (non-hydrogen) atoms. The Hall–Kier alpha value is -1.59. The highest BCUT2D eigenvalue weighted by molar-refractivity contribution is 7.13. The van der Waals surface area contributed by atoms with Crippen molar-refractivity contribution in [3.8, 4) is 10.6 Å². The number of ether oxygens (including phenoxy) is 1. The number of rotatable bonds is 5. The molecule has 1 aromatic heterocycles. The minimum atomic E-state index is -0.388. The molecule has 1 amide bonds. The van der Waals surface area contributed by atoms with Gasteiger partial charge in [0.1, 0.15) is 5.01 Å². The van der Waals surface area contributed by atoms with E-state index in [1.54, 1.807) is 18.3 Å². The second-order valence-corrected chi connectivity index (χ2v) is 5.34. The Morgan fingerprint density at radius 2 is 2.15 bits per heavy atom. The lowest BCUT2D eigenvalue weighted by molar-refractivity contribution is 0.152. The zero-order valence-corrected chi connectivity index (χ0v) is 12.6. The van der Waals surface area contributed by atoms with Crippen LogP contribution in [0.2, 0.25) is 5.02 Å². The minimum absolute atomic E-state index is 0.378. The first-order chi connectivity index (χ1) is 9.69. The molecule has 6 heteroatoms. The van der Waals surface area contributed by atoms with Crippen molar-refractivity contribution in [2.75, 3.05) is 13.2 Å². The number of benzene rings is 1. The SMILES string of the molecule is CCOC(=O)NCCc1csc(-c2ccc(Cl)cc2)n1. The number of nitrogens with one attached hydrogen (secondary N) is 1. The molecular weight excluding hydrogens is 296 g/mol. The molecule has 2 rings (SSSR count). The number of halogens is 1. The molecule has 0 fully saturated rings. The molecule has 0 saturated heterocycles. The highest BCUT2D eigenvalue weighted by Crippen LogP contribution is 2.25. The number of alkyl carbamates (subject to hydrolysis) is 1. The molecule has 0 aliphatic carbocycles. The molecule has 0 atom stereocenters. The topological polar surface area (TPSA) is 51.2 Å². The number of nitrogens with zero attached hydrogens (tertiary/aromatic N) is 1. The highest BCUT2D eigenvalue weighted by Gasteiger charge is 2.06. The Balaban J connectivity index is 1.89. The van der Waals surface area contributed by atoms with E-state index >= 15 is 0 Å². The molecule has 1 N–H and O–H groups in total. The number of thiazole rings is 1. The van der Waals surface area contributed by atoms with Crippen LogP contribution in [0.3, 0.4) is 0 Å². The van der Waals surface area contributed by atoms with Crippen LogP contribution < -0.4 is 5.32 Å². The van der Waals surface area contributed by atoms with Crippen LogP contribution in [0.15, 0.2) is 29.6 Å². The van der Waals surface area contributed by atoms with Crippen molar-refractivity contribution < 1.29 is 9.53 Å². The zero-order chi connectivity index (χ0) is 14.4. The van der Waals surface area contributed by atoms with Gasteiger partial charge in [0.05, 0.1) is 12.3 Å². The smallest absolute Gasteiger partial charge is 0.407 e. The molecule has 106 valence electrons. The third-order valence-electron chi connectivity index (χ3n) is 2.57. The fourth-order valence-electron chi connectivity index (χ4n) is 1.62. The summed E-state index contributed by atoms with van der Waals surface area (Å²) in [5.41, 5.74) is 2.00. The zero-order valence-electron chi connectivity index (χ0n) is 11.1. The maximum atomic E-state index is 11.1. The van der Waals surface area contributed by atoms with Crippen molar-refractivity contribution in [2.24, 2.45) is 0 Å². The lowest BCUT2D eigenvalue weighted by Gasteiger charge is -2.03. The average molecular weight is 311 g/mol. The molecule has 0 aliphatic heterocycles. The van der Waals surface area contributed by atoms with Crippen LogP contribution in [0.4, 0.5) is 4.79 Å². The number of aromatic nitrogens is 1. The van der Waals surface area contributed by atoms with Gasteiger partial charge in [-0.15, -0.1) is 11.3 Å². The van der Waals surface area contributed by atoms with E-state index < -0.39 is 0 Å². The van der Waals surface area contributed by atoms with E-state index in [4.69, 9.17) is 16.3 Å². The number of amides is 1. The van der Waals surface area contributed by atoms with Crippen molar-refractivity contribution in [1.29, 1.82) is 0 Å². The lowest BCUT2D eigenvalue weighted by atomic mass is 10.2. The van der Waals surface area contributed by atoms with Crippen LogP contribution in [0.5, 0.6) is 0 Å². The second kappa shape index (κ2) is 7.26. The summed E-state index contributed by atoms with van der Waals surface area (Å²) in [6.07, 6.45) is 0.295. The Morgan fingerprint density at radius 3 is 2.85 bits per heavy atom. The molecule has 1 aromatic carbocycles. The van der Waals surface area contributed by atoms with Crippen LogP contribution >= 0.6 is 22.9 Å². The molecule has 2 aromatic rings. The first-order valence-corrected chi connectivity index (χ1v) is 7.55. The number of hydrogen-bond acceptors (Lipinski definition) is 4. The van der Waals surface area contributed by atoms with Crippen molar-refractivity contribution in [2.45, 2.75) is 13.3 Å². The summed E-state index contributed by atoms with van der Waals surface area (Å²) >= 11 is 7.44. The van der Waals surface area contributed by atoms with Crippen LogP contribution in [-0.4, -0.2) is 24.2 Å². The van der Waals surface area contributed by atoms with E-state index in [0.29, 0.717) is 24.6 Å². The van der Waals surface area contributed by atoms with Gasteiger partial charge in [0.25, 0.3) is 0 Å². The van der Waals surface area contributed by atoms with Crippen molar-refractivity contribution in [1.82, 2.24) is 10.3 Å². The normalized spacial score (nSPS) is 10.3. The summed E-state index contributed by atoms with van der Waals surface area (Å²) in [5, 5.41) is 6.34. The van der Waals surface area contributed by atoms with Gasteiger partial charge >= 0.3 is 6.09 Å². The first kappa shape index (κ1) is 14.8. The predicted molar refractivity (Wildman–Crippen MR) is 81.3 cm³/mol. The van der Waals surface area contributed by atoms with Gasteiger partial charge in [0, 0.05) is 28.9 Å². The summed E-state index contributed by atoms with van der Waals surface area (Å²) in [7, 11) is 0. The Morgan fingerprint density at radius 1 is 1.40 bits per heavy atom. The second-order valence-electron chi connectivity index (χ2n) is 4.05. The van der Waals surface area contributed by atoms with E-state index in [0.717, 1.165) is 16.3 Å². The molecule has 0 aliphatic rings. The van der Waals surface area contributed by atoms with Crippen molar-refractivity contribution >= 4 is 29.0 Å². The Kier molecular flexibility index (Phi) is 5.38. The lowest BCUT2D eigenvalue weighted by Crippen LogP contribution is -2.26. The Bertz CT molecular complexity index is 569. The van der Waals surface area contributed by atoms with Gasteiger partial charge in [-0.3, -0.25) is 0 Å². The van der Waals surface area contributed by atoms with Crippen LogP contribution in [-0.2, 0) is 11.2 Å². The third-order valence-corrected chi connectivity index (χ3v) is 3.76. The minimum Gasteiger partial charge on any atom is -0.450 e. The molecule has 0 radical (unpaired) electrons. The van der Waals surface area contributed by atoms with E-state index in [1.807, 2.05) is 29.6 Å². The van der Waals surface area contributed by atoms with Gasteiger partial charge in [-0.1, -0.05) is 23.7 Å². The van der Waals surface area contributed by atoms with Crippen LogP contribution in [0.1, 0.15) is 12.6 Å². The van der Waals surface area contributed by atoms with E-state index in [-0.39, 0.29) is 6.09 Å². The molecule has 4 nitrogen and oxygen atoms in total. The van der Waals surface area contributed by atoms with Gasteiger partial charge in [0.2, 0.25) is 0 Å². The van der Waals surface area contributed by atoms with Crippen molar-refractivity contribution in [3.05, 3.63) is 40.4 Å². The molecule has 0 bridgehead atoms. The number of hydrogen-bond donors (Lipinski definition) is 1. The molecule has 1 heterocycles. The standard InChI is InChI=1S/C14H15ClN2O2S/c1-2-19-14(18)16-8-7-12-9-20-13(17-12)10-3-5-11(15)6-4-10/h3-6,9H,2,7-8H2,1H3,(H,16,18). The summed E-state index contributed by atoms with van der Waals surface area (Å²) in [6.45, 7) is 2.67. The fourth-order valence-corrected chi connectivity index (χ4v) is 2.61. The van der Waals surface area contributed by atoms with Gasteiger partial charge in [0.15, 0.2) is 0 Å². The van der Waals surface area contributed by atoms with Gasteiger partial charge in [-0.05, 0) is 19.1 Å². The summed E-state index contributed by atoms with van der Waals surface area (Å²) in [4.78, 5) is 15.7. The van der Waals surface area contributed by atoms with E-state index in [2.05, 4.69) is 10.3 Å². The summed E-state index contributed by atoms with van der Waals surface area (Å²) in [5.74, 6) is 0. The average Bonchev–Trinajstić information content (AvgIpc) is 2.89. The van der Waals surface area contributed by atoms with E-state index in [1.165, 1.54) is 0 Å². The molecule has 0 spiro atoms. The molecular formula is C14H15ClN2O2S. The molecule has 0 unspecified atom stereocenters. The van der Waals surface area contributed by atoms with Crippen LogP contribution in [0.25, 0.3) is 10.6 Å². The van der Waals surface area contributed by atoms with Gasteiger partial charge in [-0.2, -0.15) is 0 Å². The van der Waals surface area contributed by atoms with Gasteiger partial charge < -0.3 is 10.1 Å². The third kappa shape index (κ3) is 4.21. The monoisotopic (exact) mass is 310 g/mol. The highest BCUT2D eigenvalue weighted by atomic mass is 35.5.